The van der Waals surface area contributed by atoms with E-state index in [2.05, 4.69) is 5.43 Å². The standard InChI is InChI=1S/C12H16N2OS/c1-12(2,3)13-14-9-6-4-5-7-10(9)16-8-11(14)15/h4-7,13H,8H2,1-3H3. The van der Waals surface area contributed by atoms with Crippen LogP contribution in [0.2, 0.25) is 0 Å². The Hall–Kier alpha value is -1.00. The molecule has 0 fully saturated rings. The lowest BCUT2D eigenvalue weighted by Gasteiger charge is -2.35. The maximum atomic E-state index is 11.9. The first-order valence-electron chi connectivity index (χ1n) is 5.30. The van der Waals surface area contributed by atoms with Crippen LogP contribution in [0.4, 0.5) is 5.69 Å². The molecular formula is C12H16N2OS. The van der Waals surface area contributed by atoms with Gasteiger partial charge in [-0.1, -0.05) is 12.1 Å². The number of hydrogen-bond donors (Lipinski definition) is 1. The van der Waals surface area contributed by atoms with Gasteiger partial charge in [0.05, 0.1) is 11.4 Å². The summed E-state index contributed by atoms with van der Waals surface area (Å²) in [6.07, 6.45) is 0. The van der Waals surface area contributed by atoms with Crippen LogP contribution in [-0.2, 0) is 4.79 Å². The summed E-state index contributed by atoms with van der Waals surface area (Å²) in [6, 6.07) is 7.97. The van der Waals surface area contributed by atoms with Crippen molar-refractivity contribution in [3.8, 4) is 0 Å². The number of para-hydroxylation sites is 1. The van der Waals surface area contributed by atoms with Gasteiger partial charge in [-0.15, -0.1) is 11.8 Å². The predicted octanol–water partition coefficient (Wildman–Crippen LogP) is 2.43. The summed E-state index contributed by atoms with van der Waals surface area (Å²) >= 11 is 1.60. The molecule has 0 saturated heterocycles. The van der Waals surface area contributed by atoms with Gasteiger partial charge in [-0.05, 0) is 32.9 Å². The van der Waals surface area contributed by atoms with Crippen molar-refractivity contribution in [2.24, 2.45) is 0 Å². The number of carbonyl (C=O) groups is 1. The topological polar surface area (TPSA) is 32.3 Å². The van der Waals surface area contributed by atoms with Crippen LogP contribution in [0.1, 0.15) is 20.8 Å². The molecule has 0 bridgehead atoms. The molecule has 0 radical (unpaired) electrons. The number of rotatable bonds is 1. The van der Waals surface area contributed by atoms with E-state index in [0.29, 0.717) is 5.75 Å². The van der Waals surface area contributed by atoms with E-state index in [1.165, 1.54) is 0 Å². The lowest BCUT2D eigenvalue weighted by atomic mass is 10.1. The summed E-state index contributed by atoms with van der Waals surface area (Å²) in [5.41, 5.74) is 4.07. The van der Waals surface area contributed by atoms with Gasteiger partial charge in [0.1, 0.15) is 0 Å². The normalized spacial score (nSPS) is 16.2. The van der Waals surface area contributed by atoms with Crippen LogP contribution in [0.5, 0.6) is 0 Å². The fourth-order valence-corrected chi connectivity index (χ4v) is 2.45. The quantitative estimate of drug-likeness (QED) is 0.812. The zero-order chi connectivity index (χ0) is 11.8. The summed E-state index contributed by atoms with van der Waals surface area (Å²) in [4.78, 5) is 13.0. The molecule has 1 N–H and O–H groups in total. The number of hydrazine groups is 1. The molecule has 1 aromatic carbocycles. The summed E-state index contributed by atoms with van der Waals surface area (Å²) in [5.74, 6) is 0.610. The molecular weight excluding hydrogens is 220 g/mol. The lowest BCUT2D eigenvalue weighted by Crippen LogP contribution is -2.54. The van der Waals surface area contributed by atoms with Gasteiger partial charge < -0.3 is 0 Å². The Labute approximate surface area is 100 Å². The van der Waals surface area contributed by atoms with Crippen LogP contribution in [0, 0.1) is 0 Å². The molecule has 2 rings (SSSR count). The van der Waals surface area contributed by atoms with Crippen molar-refractivity contribution in [3.05, 3.63) is 24.3 Å². The van der Waals surface area contributed by atoms with E-state index >= 15 is 0 Å². The Morgan fingerprint density at radius 1 is 1.31 bits per heavy atom. The number of fused-ring (bicyclic) bond motifs is 1. The Morgan fingerprint density at radius 2 is 2.00 bits per heavy atom. The molecule has 0 atom stereocenters. The first-order valence-corrected chi connectivity index (χ1v) is 6.28. The SMILES string of the molecule is CC(C)(C)NN1C(=O)CSc2ccccc21. The third-order valence-corrected chi connectivity index (χ3v) is 3.20. The zero-order valence-electron chi connectivity index (χ0n) is 9.78. The first-order chi connectivity index (χ1) is 7.47. The fraction of sp³-hybridized carbons (Fsp3) is 0.417. The Morgan fingerprint density at radius 3 is 2.69 bits per heavy atom. The average molecular weight is 236 g/mol. The summed E-state index contributed by atoms with van der Waals surface area (Å²) in [7, 11) is 0. The number of thioether (sulfide) groups is 1. The molecule has 86 valence electrons. The molecule has 1 aliphatic heterocycles. The molecule has 1 amide bonds. The number of carbonyl (C=O) groups excluding carboxylic acids is 1. The molecule has 0 saturated carbocycles. The smallest absolute Gasteiger partial charge is 0.251 e. The number of hydrogen-bond acceptors (Lipinski definition) is 3. The van der Waals surface area contributed by atoms with Gasteiger partial charge in [-0.25, -0.2) is 10.4 Å². The van der Waals surface area contributed by atoms with Crippen LogP contribution in [-0.4, -0.2) is 17.2 Å². The van der Waals surface area contributed by atoms with Gasteiger partial charge in [-0.2, -0.15) is 0 Å². The van der Waals surface area contributed by atoms with Crippen LogP contribution in [0.3, 0.4) is 0 Å². The molecule has 0 aliphatic carbocycles. The van der Waals surface area contributed by atoms with Crippen LogP contribution < -0.4 is 10.4 Å². The number of nitrogens with zero attached hydrogens (tertiary/aromatic N) is 1. The van der Waals surface area contributed by atoms with Gasteiger partial charge in [-0.3, -0.25) is 4.79 Å². The van der Waals surface area contributed by atoms with Crippen molar-refractivity contribution in [3.63, 3.8) is 0 Å². The monoisotopic (exact) mass is 236 g/mol. The van der Waals surface area contributed by atoms with Crippen molar-refractivity contribution < 1.29 is 4.79 Å². The lowest BCUT2D eigenvalue weighted by molar-refractivity contribution is -0.117. The second-order valence-electron chi connectivity index (χ2n) is 4.85. The second-order valence-corrected chi connectivity index (χ2v) is 5.86. The van der Waals surface area contributed by atoms with Crippen molar-refractivity contribution in [1.82, 2.24) is 5.43 Å². The van der Waals surface area contributed by atoms with E-state index in [-0.39, 0.29) is 11.4 Å². The highest BCUT2D eigenvalue weighted by atomic mass is 32.2. The molecule has 4 heteroatoms. The Bertz CT molecular complexity index is 412. The van der Waals surface area contributed by atoms with Crippen molar-refractivity contribution >= 4 is 23.4 Å². The molecule has 16 heavy (non-hydrogen) atoms. The van der Waals surface area contributed by atoms with Crippen LogP contribution >= 0.6 is 11.8 Å². The fourth-order valence-electron chi connectivity index (χ4n) is 1.56. The van der Waals surface area contributed by atoms with Gasteiger partial charge in [0, 0.05) is 10.4 Å². The van der Waals surface area contributed by atoms with E-state index in [1.807, 2.05) is 45.0 Å². The van der Waals surface area contributed by atoms with Crippen LogP contribution in [0.25, 0.3) is 0 Å². The number of benzene rings is 1. The largest absolute Gasteiger partial charge is 0.272 e. The van der Waals surface area contributed by atoms with E-state index in [1.54, 1.807) is 16.8 Å². The summed E-state index contributed by atoms with van der Waals surface area (Å²) in [6.45, 7) is 6.14. The average Bonchev–Trinajstić information content (AvgIpc) is 2.21. The minimum absolute atomic E-state index is 0.110. The highest BCUT2D eigenvalue weighted by molar-refractivity contribution is 8.00. The minimum Gasteiger partial charge on any atom is -0.272 e. The van der Waals surface area contributed by atoms with Crippen LogP contribution in [0.15, 0.2) is 29.2 Å². The molecule has 0 spiro atoms. The van der Waals surface area contributed by atoms with Gasteiger partial charge in [0.2, 0.25) is 0 Å². The van der Waals surface area contributed by atoms with Gasteiger partial charge in [0.15, 0.2) is 0 Å². The number of nitrogens with one attached hydrogen (secondary N) is 1. The summed E-state index contributed by atoms with van der Waals surface area (Å²) < 4.78 is 0. The first kappa shape index (κ1) is 11.5. The van der Waals surface area contributed by atoms with Gasteiger partial charge >= 0.3 is 0 Å². The zero-order valence-corrected chi connectivity index (χ0v) is 10.6. The van der Waals surface area contributed by atoms with Crippen molar-refractivity contribution in [2.45, 2.75) is 31.2 Å². The second kappa shape index (κ2) is 4.11. The third-order valence-electron chi connectivity index (χ3n) is 2.15. The predicted molar refractivity (Wildman–Crippen MR) is 67.5 cm³/mol. The summed E-state index contributed by atoms with van der Waals surface area (Å²) in [5, 5.41) is 1.67. The maximum Gasteiger partial charge on any atom is 0.251 e. The molecule has 1 aliphatic rings. The maximum absolute atomic E-state index is 11.9. The van der Waals surface area contributed by atoms with E-state index in [0.717, 1.165) is 10.6 Å². The molecule has 3 nitrogen and oxygen atoms in total. The molecule has 0 aromatic heterocycles. The molecule has 1 heterocycles. The Balaban J connectivity index is 2.33. The highest BCUT2D eigenvalue weighted by Crippen LogP contribution is 2.34. The molecule has 1 aromatic rings. The minimum atomic E-state index is -0.120. The highest BCUT2D eigenvalue weighted by Gasteiger charge is 2.27. The third kappa shape index (κ3) is 2.39. The number of amides is 1. The molecule has 0 unspecified atom stereocenters. The Kier molecular flexibility index (Phi) is 2.95. The van der Waals surface area contributed by atoms with E-state index < -0.39 is 0 Å². The van der Waals surface area contributed by atoms with E-state index in [9.17, 15) is 4.79 Å². The van der Waals surface area contributed by atoms with Crippen molar-refractivity contribution in [2.75, 3.05) is 10.8 Å². The van der Waals surface area contributed by atoms with E-state index in [4.69, 9.17) is 0 Å². The van der Waals surface area contributed by atoms with Crippen molar-refractivity contribution in [1.29, 1.82) is 0 Å². The van der Waals surface area contributed by atoms with Gasteiger partial charge in [0.25, 0.3) is 5.91 Å². The number of anilines is 1.